The van der Waals surface area contributed by atoms with Crippen LogP contribution in [0.15, 0.2) is 37.1 Å². The van der Waals surface area contributed by atoms with Gasteiger partial charge in [-0.1, -0.05) is 17.8 Å². The number of halogens is 2. The van der Waals surface area contributed by atoms with Crippen LogP contribution in [0.5, 0.6) is 0 Å². The van der Waals surface area contributed by atoms with E-state index in [1.54, 1.807) is 12.1 Å². The maximum Gasteiger partial charge on any atom is 0.348 e. The van der Waals surface area contributed by atoms with Crippen molar-refractivity contribution in [3.63, 3.8) is 0 Å². The Balaban J connectivity index is 2.53. The number of carbonyl (C=O) groups is 1. The number of rotatable bonds is 4. The van der Waals surface area contributed by atoms with Crippen molar-refractivity contribution in [2.45, 2.75) is 5.16 Å². The summed E-state index contributed by atoms with van der Waals surface area (Å²) in [5, 5.41) is 15.1. The van der Waals surface area contributed by atoms with Gasteiger partial charge in [-0.2, -0.15) is 0 Å². The van der Waals surface area contributed by atoms with Crippen molar-refractivity contribution in [2.24, 2.45) is 0 Å². The average Bonchev–Trinajstić information content (AvgIpc) is 2.69. The maximum atomic E-state index is 11.8. The summed E-state index contributed by atoms with van der Waals surface area (Å²) in [6.45, 7) is 0. The number of H-pyrrole nitrogens is 1. The van der Waals surface area contributed by atoms with Crippen LogP contribution in [0.4, 0.5) is 0 Å². The van der Waals surface area contributed by atoms with E-state index in [0.29, 0.717) is 19.8 Å². The molecule has 2 N–H and O–H groups in total. The fourth-order valence-electron chi connectivity index (χ4n) is 1.41. The van der Waals surface area contributed by atoms with Crippen molar-refractivity contribution in [3.8, 4) is 5.69 Å². The minimum Gasteiger partial charge on any atom is -0.481 e. The lowest BCUT2D eigenvalue weighted by Gasteiger charge is -2.09. The molecule has 0 atom stereocenters. The summed E-state index contributed by atoms with van der Waals surface area (Å²) in [4.78, 5) is 22.4. The summed E-state index contributed by atoms with van der Waals surface area (Å²) in [6.07, 6.45) is 0. The Morgan fingerprint density at radius 2 is 2.05 bits per heavy atom. The third-order valence-corrected chi connectivity index (χ3v) is 4.33. The summed E-state index contributed by atoms with van der Waals surface area (Å²) >= 11 is 7.69. The number of para-hydroxylation sites is 1. The molecular weight excluding hydrogens is 402 g/mol. The zero-order valence-electron chi connectivity index (χ0n) is 9.26. The molecule has 0 fully saturated rings. The lowest BCUT2D eigenvalue weighted by molar-refractivity contribution is -0.133. The van der Waals surface area contributed by atoms with Crippen molar-refractivity contribution < 1.29 is 9.90 Å². The lowest BCUT2D eigenvalue weighted by atomic mass is 10.3. The van der Waals surface area contributed by atoms with E-state index in [1.165, 1.54) is 4.57 Å². The molecule has 0 radical (unpaired) electrons. The standard InChI is InChI=1S/C10H7Br2N3O3S/c11-5-2-1-3-6(12)8(5)15-9(18)13-14-10(15)19-4-7(16)17/h1-3H,4H2,(H,13,18)(H,16,17). The zero-order chi connectivity index (χ0) is 14.0. The molecule has 0 bridgehead atoms. The fraction of sp³-hybridized carbons (Fsp3) is 0.100. The molecule has 0 amide bonds. The molecule has 0 saturated carbocycles. The largest absolute Gasteiger partial charge is 0.481 e. The second-order valence-corrected chi connectivity index (χ2v) is 6.05. The van der Waals surface area contributed by atoms with E-state index in [1.807, 2.05) is 6.07 Å². The van der Waals surface area contributed by atoms with E-state index in [0.717, 1.165) is 11.8 Å². The number of aliphatic carboxylic acids is 1. The van der Waals surface area contributed by atoms with Crippen molar-refractivity contribution in [3.05, 3.63) is 37.6 Å². The van der Waals surface area contributed by atoms with Gasteiger partial charge in [0, 0.05) is 8.95 Å². The molecule has 0 aliphatic rings. The summed E-state index contributed by atoms with van der Waals surface area (Å²) in [6, 6.07) is 5.38. The highest BCUT2D eigenvalue weighted by Crippen LogP contribution is 2.30. The quantitative estimate of drug-likeness (QED) is 0.757. The predicted octanol–water partition coefficient (Wildman–Crippen LogP) is 2.26. The van der Waals surface area contributed by atoms with E-state index < -0.39 is 11.7 Å². The van der Waals surface area contributed by atoms with Gasteiger partial charge in [-0.05, 0) is 44.0 Å². The first-order valence-corrected chi connectivity index (χ1v) is 7.54. The number of aromatic amines is 1. The first kappa shape index (κ1) is 14.4. The SMILES string of the molecule is O=C(O)CSc1n[nH]c(=O)n1-c1c(Br)cccc1Br. The van der Waals surface area contributed by atoms with Crippen molar-refractivity contribution in [1.29, 1.82) is 0 Å². The van der Waals surface area contributed by atoms with Crippen LogP contribution >= 0.6 is 43.6 Å². The van der Waals surface area contributed by atoms with Gasteiger partial charge in [0.2, 0.25) is 0 Å². The van der Waals surface area contributed by atoms with Gasteiger partial charge >= 0.3 is 11.7 Å². The van der Waals surface area contributed by atoms with Gasteiger partial charge in [0.1, 0.15) is 0 Å². The van der Waals surface area contributed by atoms with Crippen molar-refractivity contribution >= 4 is 49.6 Å². The topological polar surface area (TPSA) is 88.0 Å². The minimum atomic E-state index is -0.974. The molecule has 2 rings (SSSR count). The Kier molecular flexibility index (Phi) is 4.48. The van der Waals surface area contributed by atoms with E-state index >= 15 is 0 Å². The smallest absolute Gasteiger partial charge is 0.348 e. The summed E-state index contributed by atoms with van der Waals surface area (Å²) in [5.74, 6) is -1.15. The summed E-state index contributed by atoms with van der Waals surface area (Å²) < 4.78 is 2.71. The monoisotopic (exact) mass is 407 g/mol. The van der Waals surface area contributed by atoms with Gasteiger partial charge in [-0.25, -0.2) is 14.5 Å². The molecule has 0 spiro atoms. The predicted molar refractivity (Wildman–Crippen MR) is 77.9 cm³/mol. The number of carboxylic acids is 1. The Morgan fingerprint density at radius 3 is 2.63 bits per heavy atom. The highest BCUT2D eigenvalue weighted by Gasteiger charge is 2.16. The Bertz CT molecular complexity index is 663. The van der Waals surface area contributed by atoms with Crippen molar-refractivity contribution in [2.75, 3.05) is 5.75 Å². The van der Waals surface area contributed by atoms with Gasteiger partial charge in [-0.15, -0.1) is 5.10 Å². The van der Waals surface area contributed by atoms with Crippen LogP contribution in [0.2, 0.25) is 0 Å². The molecule has 0 saturated heterocycles. The van der Waals surface area contributed by atoms with Crippen LogP contribution in [0.1, 0.15) is 0 Å². The van der Waals surface area contributed by atoms with Crippen molar-refractivity contribution in [1.82, 2.24) is 14.8 Å². The normalized spacial score (nSPS) is 10.6. The molecular formula is C10H7Br2N3O3S. The Hall–Kier alpha value is -1.06. The summed E-state index contributed by atoms with van der Waals surface area (Å²) in [7, 11) is 0. The number of aromatic nitrogens is 3. The Morgan fingerprint density at radius 1 is 1.42 bits per heavy atom. The minimum absolute atomic E-state index is 0.174. The molecule has 1 aromatic carbocycles. The Labute approximate surface area is 128 Å². The number of nitrogens with one attached hydrogen (secondary N) is 1. The van der Waals surface area contributed by atoms with Crippen LogP contribution in [0.3, 0.4) is 0 Å². The second-order valence-electron chi connectivity index (χ2n) is 3.40. The van der Waals surface area contributed by atoms with Crippen LogP contribution in [-0.2, 0) is 4.79 Å². The van der Waals surface area contributed by atoms with Crippen LogP contribution in [-0.4, -0.2) is 31.6 Å². The zero-order valence-corrected chi connectivity index (χ0v) is 13.2. The number of benzene rings is 1. The first-order valence-electron chi connectivity index (χ1n) is 4.97. The number of carboxylic acid groups (broad SMARTS) is 1. The molecule has 0 aliphatic carbocycles. The van der Waals surface area contributed by atoms with E-state index in [2.05, 4.69) is 42.1 Å². The number of thioether (sulfide) groups is 1. The van der Waals surface area contributed by atoms with Gasteiger partial charge in [0.05, 0.1) is 11.4 Å². The van der Waals surface area contributed by atoms with Gasteiger partial charge < -0.3 is 5.11 Å². The molecule has 2 aromatic rings. The number of nitrogens with zero attached hydrogens (tertiary/aromatic N) is 2. The van der Waals surface area contributed by atoms with E-state index in [-0.39, 0.29) is 5.75 Å². The fourth-order valence-corrected chi connectivity index (χ4v) is 3.42. The first-order chi connectivity index (χ1) is 9.00. The van der Waals surface area contributed by atoms with Gasteiger partial charge in [-0.3, -0.25) is 4.79 Å². The second kappa shape index (κ2) is 5.93. The van der Waals surface area contributed by atoms with Crippen LogP contribution < -0.4 is 5.69 Å². The highest BCUT2D eigenvalue weighted by atomic mass is 79.9. The van der Waals surface area contributed by atoms with Crippen LogP contribution in [0.25, 0.3) is 5.69 Å². The number of hydrogen-bond donors (Lipinski definition) is 2. The number of hydrogen-bond acceptors (Lipinski definition) is 4. The third-order valence-electron chi connectivity index (χ3n) is 2.13. The highest BCUT2D eigenvalue weighted by molar-refractivity contribution is 9.11. The molecule has 1 aromatic heterocycles. The average molecular weight is 409 g/mol. The van der Waals surface area contributed by atoms with E-state index in [4.69, 9.17) is 5.11 Å². The summed E-state index contributed by atoms with van der Waals surface area (Å²) in [5.41, 5.74) is 0.148. The third kappa shape index (κ3) is 3.10. The lowest BCUT2D eigenvalue weighted by Crippen LogP contribution is -2.17. The molecule has 100 valence electrons. The van der Waals surface area contributed by atoms with E-state index in [9.17, 15) is 9.59 Å². The van der Waals surface area contributed by atoms with Gasteiger partial charge in [0.25, 0.3) is 0 Å². The molecule has 9 heteroatoms. The van der Waals surface area contributed by atoms with Gasteiger partial charge in [0.15, 0.2) is 5.16 Å². The molecule has 6 nitrogen and oxygen atoms in total. The molecule has 0 unspecified atom stereocenters. The maximum absolute atomic E-state index is 11.8. The van der Waals surface area contributed by atoms with Crippen LogP contribution in [0, 0.1) is 0 Å². The molecule has 19 heavy (non-hydrogen) atoms. The molecule has 0 aliphatic heterocycles. The molecule has 1 heterocycles.